The van der Waals surface area contributed by atoms with Gasteiger partial charge in [0, 0.05) is 39.9 Å². The van der Waals surface area contributed by atoms with Gasteiger partial charge in [0.15, 0.2) is 5.96 Å². The first-order chi connectivity index (χ1) is 8.25. The van der Waals surface area contributed by atoms with Crippen molar-refractivity contribution in [1.29, 1.82) is 0 Å². The summed E-state index contributed by atoms with van der Waals surface area (Å²) >= 11 is 0. The monoisotopic (exact) mass is 361 g/mol. The highest BCUT2D eigenvalue weighted by Crippen LogP contribution is 2.07. The summed E-state index contributed by atoms with van der Waals surface area (Å²) < 4.78 is 0. The van der Waals surface area contributed by atoms with Crippen LogP contribution in [-0.4, -0.2) is 38.1 Å². The molecule has 0 radical (unpaired) electrons. The lowest BCUT2D eigenvalue weighted by molar-refractivity contribution is 0.701. The number of halogens is 1. The summed E-state index contributed by atoms with van der Waals surface area (Å²) in [5, 5.41) is 6.50. The molecular weight excluding hydrogens is 341 g/mol. The van der Waals surface area contributed by atoms with Gasteiger partial charge in [-0.25, -0.2) is 4.98 Å². The Morgan fingerprint density at radius 2 is 2.22 bits per heavy atom. The fourth-order valence-corrected chi connectivity index (χ4v) is 1.62. The summed E-state index contributed by atoms with van der Waals surface area (Å²) in [4.78, 5) is 10.7. The molecule has 100 valence electrons. The summed E-state index contributed by atoms with van der Waals surface area (Å²) in [6, 6.07) is 4.10. The molecule has 1 aromatic heterocycles. The van der Waals surface area contributed by atoms with Gasteiger partial charge in [-0.05, 0) is 18.1 Å². The van der Waals surface area contributed by atoms with Crippen LogP contribution in [0.5, 0.6) is 0 Å². The number of pyridine rings is 1. The Bertz CT molecular complexity index is 388. The van der Waals surface area contributed by atoms with E-state index in [9.17, 15) is 0 Å². The lowest BCUT2D eigenvalue weighted by Gasteiger charge is -2.16. The van der Waals surface area contributed by atoms with Crippen molar-refractivity contribution >= 4 is 35.8 Å². The van der Waals surface area contributed by atoms with Crippen molar-refractivity contribution < 1.29 is 0 Å². The first-order valence-electron chi connectivity index (χ1n) is 5.90. The molecule has 0 atom stereocenters. The second kappa shape index (κ2) is 7.40. The molecule has 1 aromatic rings. The Hall–Kier alpha value is -1.05. The molecule has 18 heavy (non-hydrogen) atoms. The molecule has 0 spiro atoms. The van der Waals surface area contributed by atoms with Gasteiger partial charge < -0.3 is 15.5 Å². The Morgan fingerprint density at radius 1 is 1.39 bits per heavy atom. The van der Waals surface area contributed by atoms with Crippen molar-refractivity contribution in [3.05, 3.63) is 23.9 Å². The number of nitrogens with one attached hydrogen (secondary N) is 2. The Labute approximate surface area is 125 Å². The molecule has 5 nitrogen and oxygen atoms in total. The van der Waals surface area contributed by atoms with Gasteiger partial charge in [0.05, 0.1) is 0 Å². The van der Waals surface area contributed by atoms with E-state index in [1.807, 2.05) is 31.3 Å². The molecule has 0 aromatic carbocycles. The molecule has 6 heteroatoms. The maximum Gasteiger partial charge on any atom is 0.191 e. The van der Waals surface area contributed by atoms with Crippen LogP contribution < -0.4 is 15.5 Å². The van der Waals surface area contributed by atoms with E-state index in [4.69, 9.17) is 0 Å². The van der Waals surface area contributed by atoms with Gasteiger partial charge in [-0.3, -0.25) is 4.99 Å². The van der Waals surface area contributed by atoms with E-state index in [-0.39, 0.29) is 24.0 Å². The molecule has 0 aliphatic carbocycles. The zero-order chi connectivity index (χ0) is 12.1. The van der Waals surface area contributed by atoms with Crippen LogP contribution in [-0.2, 0) is 6.54 Å². The second-order valence-corrected chi connectivity index (χ2v) is 4.28. The quantitative estimate of drug-likeness (QED) is 0.795. The molecule has 2 rings (SSSR count). The van der Waals surface area contributed by atoms with Crippen LogP contribution in [0.2, 0.25) is 0 Å². The van der Waals surface area contributed by atoms with E-state index in [0.29, 0.717) is 0 Å². The van der Waals surface area contributed by atoms with Crippen LogP contribution in [0.1, 0.15) is 12.0 Å². The van der Waals surface area contributed by atoms with Crippen molar-refractivity contribution in [3.63, 3.8) is 0 Å². The van der Waals surface area contributed by atoms with E-state index in [1.54, 1.807) is 0 Å². The van der Waals surface area contributed by atoms with Crippen molar-refractivity contribution in [2.24, 2.45) is 4.99 Å². The van der Waals surface area contributed by atoms with Gasteiger partial charge in [0.1, 0.15) is 5.82 Å². The van der Waals surface area contributed by atoms with Crippen LogP contribution in [0.15, 0.2) is 23.3 Å². The topological polar surface area (TPSA) is 52.5 Å². The Morgan fingerprint density at radius 3 is 2.78 bits per heavy atom. The summed E-state index contributed by atoms with van der Waals surface area (Å²) in [6.07, 6.45) is 3.01. The highest BCUT2D eigenvalue weighted by atomic mass is 127. The molecule has 0 amide bonds. The van der Waals surface area contributed by atoms with E-state index < -0.39 is 0 Å². The third-order valence-corrected chi connectivity index (χ3v) is 2.62. The minimum atomic E-state index is 0. The van der Waals surface area contributed by atoms with Crippen LogP contribution >= 0.6 is 24.0 Å². The Kier molecular flexibility index (Phi) is 6.17. The number of aromatic nitrogens is 1. The zero-order valence-corrected chi connectivity index (χ0v) is 13.1. The van der Waals surface area contributed by atoms with E-state index >= 15 is 0 Å². The van der Waals surface area contributed by atoms with E-state index in [1.165, 1.54) is 0 Å². The van der Waals surface area contributed by atoms with Crippen molar-refractivity contribution in [2.75, 3.05) is 32.1 Å². The summed E-state index contributed by atoms with van der Waals surface area (Å²) in [6.45, 7) is 2.67. The standard InChI is InChI=1S/C12H19N5.HI/c1-17(2)11-5-4-10(8-15-11)9-16-12-13-6-3-7-14-12;/h4-5,8H,3,6-7,9H2,1-2H3,(H2,13,14,16);1H. The van der Waals surface area contributed by atoms with Crippen LogP contribution in [0.4, 0.5) is 5.82 Å². The third kappa shape index (κ3) is 4.32. The van der Waals surface area contributed by atoms with Crippen molar-refractivity contribution in [3.8, 4) is 0 Å². The zero-order valence-electron chi connectivity index (χ0n) is 10.8. The highest BCUT2D eigenvalue weighted by molar-refractivity contribution is 14.0. The van der Waals surface area contributed by atoms with E-state index in [0.717, 1.165) is 43.4 Å². The molecule has 2 heterocycles. The fraction of sp³-hybridized carbons (Fsp3) is 0.500. The number of aliphatic imine (C=N–C) groups is 1. The normalized spacial score (nSPS) is 14.0. The smallest absolute Gasteiger partial charge is 0.191 e. The fourth-order valence-electron chi connectivity index (χ4n) is 1.62. The second-order valence-electron chi connectivity index (χ2n) is 4.28. The lowest BCUT2D eigenvalue weighted by atomic mass is 10.3. The molecule has 0 saturated carbocycles. The number of guanidine groups is 1. The van der Waals surface area contributed by atoms with Crippen molar-refractivity contribution in [1.82, 2.24) is 15.6 Å². The van der Waals surface area contributed by atoms with Gasteiger partial charge in [0.25, 0.3) is 0 Å². The first kappa shape index (κ1) is 15.0. The molecule has 0 fully saturated rings. The van der Waals surface area contributed by atoms with Crippen molar-refractivity contribution in [2.45, 2.75) is 13.0 Å². The van der Waals surface area contributed by atoms with Crippen LogP contribution in [0.3, 0.4) is 0 Å². The molecular formula is C12H20IN5. The average molecular weight is 361 g/mol. The van der Waals surface area contributed by atoms with Crippen LogP contribution in [0.25, 0.3) is 0 Å². The van der Waals surface area contributed by atoms with Gasteiger partial charge in [-0.2, -0.15) is 0 Å². The first-order valence-corrected chi connectivity index (χ1v) is 5.90. The number of anilines is 1. The Balaban J connectivity index is 0.00000162. The summed E-state index contributed by atoms with van der Waals surface area (Å²) in [5.41, 5.74) is 1.16. The van der Waals surface area contributed by atoms with Gasteiger partial charge in [0.2, 0.25) is 0 Å². The molecule has 0 saturated heterocycles. The maximum atomic E-state index is 4.37. The summed E-state index contributed by atoms with van der Waals surface area (Å²) in [5.74, 6) is 1.87. The maximum absolute atomic E-state index is 4.37. The molecule has 0 bridgehead atoms. The predicted molar refractivity (Wildman–Crippen MR) is 85.7 cm³/mol. The number of hydrogen-bond acceptors (Lipinski definition) is 5. The SMILES string of the molecule is CN(C)c1ccc(CNC2=NCCCN2)cn1.I. The number of nitrogens with zero attached hydrogens (tertiary/aromatic N) is 3. The van der Waals surface area contributed by atoms with Gasteiger partial charge in [-0.1, -0.05) is 6.07 Å². The molecule has 1 aliphatic heterocycles. The average Bonchev–Trinajstić information content (AvgIpc) is 2.38. The van der Waals surface area contributed by atoms with Gasteiger partial charge in [-0.15, -0.1) is 24.0 Å². The minimum absolute atomic E-state index is 0. The largest absolute Gasteiger partial charge is 0.363 e. The predicted octanol–water partition coefficient (Wildman–Crippen LogP) is 1.20. The highest BCUT2D eigenvalue weighted by Gasteiger charge is 2.03. The lowest BCUT2D eigenvalue weighted by Crippen LogP contribution is -2.40. The number of rotatable bonds is 3. The minimum Gasteiger partial charge on any atom is -0.363 e. The van der Waals surface area contributed by atoms with E-state index in [2.05, 4.69) is 26.7 Å². The molecule has 2 N–H and O–H groups in total. The summed E-state index contributed by atoms with van der Waals surface area (Å²) in [7, 11) is 3.97. The molecule has 0 unspecified atom stereocenters. The molecule has 1 aliphatic rings. The number of hydrogen-bond donors (Lipinski definition) is 2. The van der Waals surface area contributed by atoms with Gasteiger partial charge >= 0.3 is 0 Å². The third-order valence-electron chi connectivity index (χ3n) is 2.62. The van der Waals surface area contributed by atoms with Crippen LogP contribution in [0, 0.1) is 0 Å².